The van der Waals surface area contributed by atoms with Crippen LogP contribution in [0.15, 0.2) is 29.4 Å². The highest BCUT2D eigenvalue weighted by Gasteiger charge is 2.46. The molecule has 1 atom stereocenters. The third kappa shape index (κ3) is 2.57. The smallest absolute Gasteiger partial charge is 0.322 e. The number of imide groups is 1. The first-order valence-corrected chi connectivity index (χ1v) is 6.80. The molecule has 3 amide bonds. The van der Waals surface area contributed by atoms with Crippen LogP contribution in [-0.4, -0.2) is 28.7 Å². The number of hydrogen-bond acceptors (Lipinski definition) is 3. The summed E-state index contributed by atoms with van der Waals surface area (Å²) in [6.45, 7) is 5.65. The molecule has 1 aliphatic rings. The van der Waals surface area contributed by atoms with Crippen LogP contribution in [0.4, 0.5) is 4.79 Å². The van der Waals surface area contributed by atoms with E-state index < -0.39 is 11.6 Å². The van der Waals surface area contributed by atoms with Gasteiger partial charge in [0.05, 0.1) is 6.21 Å². The number of aryl methyl sites for hydroxylation is 1. The Kier molecular flexibility index (Phi) is 3.88. The molecule has 0 spiro atoms. The SMILES string of the molecule is CCc1ccc(/C=N\N2C(=O)N[C@](C)(CC)C2=O)cc1. The second-order valence-electron chi connectivity index (χ2n) is 5.07. The molecule has 0 bridgehead atoms. The van der Waals surface area contributed by atoms with Gasteiger partial charge in [-0.2, -0.15) is 5.10 Å². The second kappa shape index (κ2) is 5.45. The highest BCUT2D eigenvalue weighted by Crippen LogP contribution is 2.20. The molecular formula is C15H19N3O2. The number of carbonyl (C=O) groups excluding carboxylic acids is 2. The van der Waals surface area contributed by atoms with Gasteiger partial charge in [0.1, 0.15) is 5.54 Å². The van der Waals surface area contributed by atoms with E-state index in [2.05, 4.69) is 17.3 Å². The number of hydrogen-bond donors (Lipinski definition) is 1. The summed E-state index contributed by atoms with van der Waals surface area (Å²) in [5.41, 5.74) is 1.24. The van der Waals surface area contributed by atoms with Crippen molar-refractivity contribution in [2.75, 3.05) is 0 Å². The van der Waals surface area contributed by atoms with Crippen molar-refractivity contribution >= 4 is 18.2 Å². The summed E-state index contributed by atoms with van der Waals surface area (Å²) < 4.78 is 0. The molecule has 1 aromatic rings. The molecule has 1 aromatic carbocycles. The van der Waals surface area contributed by atoms with Gasteiger partial charge in [-0.3, -0.25) is 4.79 Å². The van der Waals surface area contributed by atoms with Crippen LogP contribution >= 0.6 is 0 Å². The minimum absolute atomic E-state index is 0.313. The Balaban J connectivity index is 2.14. The minimum Gasteiger partial charge on any atom is -0.322 e. The maximum Gasteiger partial charge on any atom is 0.346 e. The van der Waals surface area contributed by atoms with Crippen LogP contribution < -0.4 is 5.32 Å². The monoisotopic (exact) mass is 273 g/mol. The molecule has 0 aliphatic carbocycles. The molecule has 1 saturated heterocycles. The molecule has 1 aliphatic heterocycles. The Labute approximate surface area is 118 Å². The Morgan fingerprint density at radius 3 is 2.40 bits per heavy atom. The molecule has 1 fully saturated rings. The van der Waals surface area contributed by atoms with Gasteiger partial charge in [-0.25, -0.2) is 4.79 Å². The van der Waals surface area contributed by atoms with Crippen LogP contribution in [0.5, 0.6) is 0 Å². The second-order valence-corrected chi connectivity index (χ2v) is 5.07. The molecule has 1 N–H and O–H groups in total. The number of urea groups is 1. The van der Waals surface area contributed by atoms with Gasteiger partial charge >= 0.3 is 6.03 Å². The minimum atomic E-state index is -0.847. The zero-order chi connectivity index (χ0) is 14.8. The van der Waals surface area contributed by atoms with Gasteiger partial charge in [0, 0.05) is 0 Å². The molecule has 5 heteroatoms. The van der Waals surface area contributed by atoms with Crippen molar-refractivity contribution in [3.05, 3.63) is 35.4 Å². The maximum absolute atomic E-state index is 12.1. The largest absolute Gasteiger partial charge is 0.346 e. The van der Waals surface area contributed by atoms with Crippen molar-refractivity contribution in [3.63, 3.8) is 0 Å². The lowest BCUT2D eigenvalue weighted by molar-refractivity contribution is -0.130. The third-order valence-electron chi connectivity index (χ3n) is 3.66. The molecule has 0 radical (unpaired) electrons. The number of benzene rings is 1. The van der Waals surface area contributed by atoms with Crippen molar-refractivity contribution < 1.29 is 9.59 Å². The summed E-state index contributed by atoms with van der Waals surface area (Å²) in [6, 6.07) is 7.37. The van der Waals surface area contributed by atoms with Crippen molar-refractivity contribution in [1.82, 2.24) is 10.3 Å². The molecule has 2 rings (SSSR count). The fourth-order valence-corrected chi connectivity index (χ4v) is 1.98. The van der Waals surface area contributed by atoms with Gasteiger partial charge in [-0.05, 0) is 30.9 Å². The Morgan fingerprint density at radius 2 is 1.90 bits per heavy atom. The fourth-order valence-electron chi connectivity index (χ4n) is 1.98. The fraction of sp³-hybridized carbons (Fsp3) is 0.400. The standard InChI is InChI=1S/C15H19N3O2/c1-4-11-6-8-12(9-7-11)10-16-18-13(19)15(3,5-2)17-14(18)20/h6-10H,4-5H2,1-3H3,(H,17,20)/b16-10-/t15-/m1/s1. The summed E-state index contributed by atoms with van der Waals surface area (Å²) in [6.07, 6.45) is 3.03. The highest BCUT2D eigenvalue weighted by atomic mass is 16.2. The van der Waals surface area contributed by atoms with Gasteiger partial charge < -0.3 is 5.32 Å². The number of rotatable bonds is 4. The van der Waals surface area contributed by atoms with E-state index in [1.165, 1.54) is 11.8 Å². The zero-order valence-corrected chi connectivity index (χ0v) is 12.0. The van der Waals surface area contributed by atoms with Gasteiger partial charge in [-0.1, -0.05) is 38.1 Å². The van der Waals surface area contributed by atoms with Crippen molar-refractivity contribution in [1.29, 1.82) is 0 Å². The normalized spacial score (nSPS) is 22.6. The predicted molar refractivity (Wildman–Crippen MR) is 77.5 cm³/mol. The van der Waals surface area contributed by atoms with E-state index >= 15 is 0 Å². The molecule has 106 valence electrons. The Hall–Kier alpha value is -2.17. The van der Waals surface area contributed by atoms with Gasteiger partial charge in [0.2, 0.25) is 0 Å². The average molecular weight is 273 g/mol. The first kappa shape index (κ1) is 14.2. The molecule has 5 nitrogen and oxygen atoms in total. The van der Waals surface area contributed by atoms with E-state index in [-0.39, 0.29) is 5.91 Å². The van der Waals surface area contributed by atoms with Crippen LogP contribution in [0, 0.1) is 0 Å². The number of nitrogens with zero attached hydrogens (tertiary/aromatic N) is 2. The van der Waals surface area contributed by atoms with E-state index in [9.17, 15) is 9.59 Å². The van der Waals surface area contributed by atoms with Gasteiger partial charge in [0.15, 0.2) is 0 Å². The lowest BCUT2D eigenvalue weighted by atomic mass is 10.00. The van der Waals surface area contributed by atoms with Gasteiger partial charge in [-0.15, -0.1) is 5.01 Å². The summed E-state index contributed by atoms with van der Waals surface area (Å²) in [5, 5.41) is 7.56. The molecule has 0 unspecified atom stereocenters. The highest BCUT2D eigenvalue weighted by molar-refractivity contribution is 6.07. The summed E-state index contributed by atoms with van der Waals surface area (Å²) in [5.74, 6) is -0.313. The molecule has 20 heavy (non-hydrogen) atoms. The molecule has 0 saturated carbocycles. The molecular weight excluding hydrogens is 254 g/mol. The van der Waals surface area contributed by atoms with E-state index in [0.717, 1.165) is 17.0 Å². The van der Waals surface area contributed by atoms with E-state index in [1.807, 2.05) is 31.2 Å². The number of carbonyl (C=O) groups is 2. The Morgan fingerprint density at radius 1 is 1.25 bits per heavy atom. The zero-order valence-electron chi connectivity index (χ0n) is 12.0. The average Bonchev–Trinajstić information content (AvgIpc) is 2.68. The topological polar surface area (TPSA) is 61.8 Å². The summed E-state index contributed by atoms with van der Waals surface area (Å²) >= 11 is 0. The summed E-state index contributed by atoms with van der Waals surface area (Å²) in [7, 11) is 0. The first-order valence-electron chi connectivity index (χ1n) is 6.80. The number of amides is 3. The van der Waals surface area contributed by atoms with Crippen LogP contribution in [0.1, 0.15) is 38.3 Å². The predicted octanol–water partition coefficient (Wildman–Crippen LogP) is 2.30. The van der Waals surface area contributed by atoms with Crippen LogP contribution in [0.2, 0.25) is 0 Å². The molecule has 1 heterocycles. The first-order chi connectivity index (χ1) is 9.50. The summed E-state index contributed by atoms with van der Waals surface area (Å²) in [4.78, 5) is 23.9. The lowest BCUT2D eigenvalue weighted by Gasteiger charge is -2.17. The van der Waals surface area contributed by atoms with Crippen molar-refractivity contribution in [3.8, 4) is 0 Å². The van der Waals surface area contributed by atoms with E-state index in [4.69, 9.17) is 0 Å². The van der Waals surface area contributed by atoms with E-state index in [0.29, 0.717) is 6.42 Å². The van der Waals surface area contributed by atoms with Crippen LogP contribution in [0.25, 0.3) is 0 Å². The van der Waals surface area contributed by atoms with Gasteiger partial charge in [0.25, 0.3) is 5.91 Å². The maximum atomic E-state index is 12.1. The Bertz CT molecular complexity index is 551. The number of nitrogens with one attached hydrogen (secondary N) is 1. The molecule has 0 aromatic heterocycles. The third-order valence-corrected chi connectivity index (χ3v) is 3.66. The van der Waals surface area contributed by atoms with Crippen LogP contribution in [-0.2, 0) is 11.2 Å². The lowest BCUT2D eigenvalue weighted by Crippen LogP contribution is -2.42. The quantitative estimate of drug-likeness (QED) is 0.676. The van der Waals surface area contributed by atoms with E-state index in [1.54, 1.807) is 6.92 Å². The number of hydrazone groups is 1. The van der Waals surface area contributed by atoms with Crippen molar-refractivity contribution in [2.24, 2.45) is 5.10 Å². The van der Waals surface area contributed by atoms with Crippen LogP contribution in [0.3, 0.4) is 0 Å². The van der Waals surface area contributed by atoms with Crippen molar-refractivity contribution in [2.45, 2.75) is 39.2 Å².